The summed E-state index contributed by atoms with van der Waals surface area (Å²) >= 11 is 0. The minimum atomic E-state index is 0.440. The van der Waals surface area contributed by atoms with Gasteiger partial charge in [0.1, 0.15) is 0 Å². The van der Waals surface area contributed by atoms with Crippen LogP contribution in [0.3, 0.4) is 0 Å². The highest BCUT2D eigenvalue weighted by Gasteiger charge is 2.34. The Morgan fingerprint density at radius 2 is 2.14 bits per heavy atom. The van der Waals surface area contributed by atoms with Crippen molar-refractivity contribution < 1.29 is 0 Å². The molecule has 1 heteroatoms. The fraction of sp³-hybridized carbons (Fsp3) is 1.00. The minimum Gasteiger partial charge on any atom is -0.328 e. The number of hydrogen-bond donors (Lipinski definition) is 1. The first-order valence-electron chi connectivity index (χ1n) is 2.97. The molecule has 0 amide bonds. The van der Waals surface area contributed by atoms with Gasteiger partial charge in [-0.15, -0.1) is 0 Å². The molecule has 0 aromatic carbocycles. The van der Waals surface area contributed by atoms with Gasteiger partial charge >= 0.3 is 0 Å². The molecule has 2 unspecified atom stereocenters. The van der Waals surface area contributed by atoms with E-state index in [1.165, 1.54) is 6.42 Å². The normalized spacial score (nSPS) is 43.3. The molecule has 0 aromatic rings. The Kier molecular flexibility index (Phi) is 1.08. The molecule has 1 rings (SSSR count). The molecule has 1 nitrogen and oxygen atoms in total. The van der Waals surface area contributed by atoms with Crippen molar-refractivity contribution in [2.45, 2.75) is 26.3 Å². The summed E-state index contributed by atoms with van der Waals surface area (Å²) in [5, 5.41) is 0. The van der Waals surface area contributed by atoms with Crippen molar-refractivity contribution in [3.63, 3.8) is 0 Å². The monoisotopic (exact) mass is 99.1 g/mol. The lowest BCUT2D eigenvalue weighted by molar-refractivity contribution is 0.608. The Morgan fingerprint density at radius 1 is 1.71 bits per heavy atom. The molecule has 0 aromatic heterocycles. The quantitative estimate of drug-likeness (QED) is 0.521. The molecule has 0 bridgehead atoms. The van der Waals surface area contributed by atoms with E-state index < -0.39 is 0 Å². The topological polar surface area (TPSA) is 26.0 Å². The van der Waals surface area contributed by atoms with Crippen molar-refractivity contribution in [3.8, 4) is 0 Å². The molecule has 0 aliphatic heterocycles. The number of rotatable bonds is 1. The van der Waals surface area contributed by atoms with Gasteiger partial charge in [0, 0.05) is 6.04 Å². The van der Waals surface area contributed by atoms with Crippen LogP contribution in [0.2, 0.25) is 0 Å². The highest BCUT2D eigenvalue weighted by atomic mass is 14.7. The summed E-state index contributed by atoms with van der Waals surface area (Å²) in [4.78, 5) is 0. The van der Waals surface area contributed by atoms with E-state index in [0.717, 1.165) is 11.8 Å². The van der Waals surface area contributed by atoms with Gasteiger partial charge in [0.15, 0.2) is 0 Å². The summed E-state index contributed by atoms with van der Waals surface area (Å²) in [6.07, 6.45) is 1.36. The average molecular weight is 99.2 g/mol. The first-order valence-corrected chi connectivity index (χ1v) is 2.97. The third-order valence-corrected chi connectivity index (χ3v) is 1.85. The molecule has 0 spiro atoms. The zero-order chi connectivity index (χ0) is 5.44. The van der Waals surface area contributed by atoms with Crippen LogP contribution in [-0.4, -0.2) is 6.04 Å². The zero-order valence-electron chi connectivity index (χ0n) is 5.02. The average Bonchev–Trinajstić information content (AvgIpc) is 2.17. The van der Waals surface area contributed by atoms with Crippen molar-refractivity contribution in [3.05, 3.63) is 0 Å². The van der Waals surface area contributed by atoms with Crippen LogP contribution in [-0.2, 0) is 0 Å². The smallest absolute Gasteiger partial charge is 0.00414 e. The lowest BCUT2D eigenvalue weighted by atomic mass is 10.2. The highest BCUT2D eigenvalue weighted by Crippen LogP contribution is 2.39. The van der Waals surface area contributed by atoms with Gasteiger partial charge in [0.25, 0.3) is 0 Å². The van der Waals surface area contributed by atoms with E-state index in [1.807, 2.05) is 0 Å². The van der Waals surface area contributed by atoms with Crippen molar-refractivity contribution in [2.24, 2.45) is 17.6 Å². The van der Waals surface area contributed by atoms with Gasteiger partial charge < -0.3 is 5.73 Å². The van der Waals surface area contributed by atoms with Crippen LogP contribution < -0.4 is 5.73 Å². The van der Waals surface area contributed by atoms with E-state index in [2.05, 4.69) is 13.8 Å². The van der Waals surface area contributed by atoms with Gasteiger partial charge in [0.2, 0.25) is 0 Å². The van der Waals surface area contributed by atoms with Crippen LogP contribution in [0, 0.1) is 11.8 Å². The fourth-order valence-electron chi connectivity index (χ4n) is 1.08. The zero-order valence-corrected chi connectivity index (χ0v) is 5.02. The maximum atomic E-state index is 5.59. The first-order chi connectivity index (χ1) is 3.22. The fourth-order valence-corrected chi connectivity index (χ4v) is 1.08. The molecule has 7 heavy (non-hydrogen) atoms. The van der Waals surface area contributed by atoms with E-state index in [0.29, 0.717) is 6.04 Å². The maximum Gasteiger partial charge on any atom is 0.00414 e. The molecule has 0 saturated heterocycles. The van der Waals surface area contributed by atoms with Gasteiger partial charge in [-0.3, -0.25) is 0 Å². The molecule has 42 valence electrons. The SMILES string of the molecule is CC1CC1[C@H](C)N. The molecule has 0 heterocycles. The van der Waals surface area contributed by atoms with Crippen molar-refractivity contribution >= 4 is 0 Å². The van der Waals surface area contributed by atoms with Crippen molar-refractivity contribution in [1.29, 1.82) is 0 Å². The number of hydrogen-bond acceptors (Lipinski definition) is 1. The van der Waals surface area contributed by atoms with Gasteiger partial charge in [-0.05, 0) is 25.2 Å². The lowest BCUT2D eigenvalue weighted by Gasteiger charge is -1.97. The Balaban J connectivity index is 2.20. The lowest BCUT2D eigenvalue weighted by Crippen LogP contribution is -2.17. The van der Waals surface area contributed by atoms with Gasteiger partial charge in [-0.25, -0.2) is 0 Å². The van der Waals surface area contributed by atoms with Gasteiger partial charge in [-0.2, -0.15) is 0 Å². The first kappa shape index (κ1) is 5.10. The standard InChI is InChI=1S/C6H13N/c1-4-3-6(4)5(2)7/h4-6H,3,7H2,1-2H3/t4?,5-,6?/m0/s1. The summed E-state index contributed by atoms with van der Waals surface area (Å²) in [5.41, 5.74) is 5.59. The largest absolute Gasteiger partial charge is 0.328 e. The van der Waals surface area contributed by atoms with E-state index in [1.54, 1.807) is 0 Å². The predicted octanol–water partition coefficient (Wildman–Crippen LogP) is 0.990. The predicted molar refractivity (Wildman–Crippen MR) is 30.9 cm³/mol. The van der Waals surface area contributed by atoms with Crippen LogP contribution >= 0.6 is 0 Å². The second-order valence-corrected chi connectivity index (χ2v) is 2.74. The van der Waals surface area contributed by atoms with Crippen molar-refractivity contribution in [2.75, 3.05) is 0 Å². The van der Waals surface area contributed by atoms with Crippen LogP contribution in [0.5, 0.6) is 0 Å². The summed E-state index contributed by atoms with van der Waals surface area (Å²) in [5.74, 6) is 1.76. The van der Waals surface area contributed by atoms with Crippen LogP contribution in [0.25, 0.3) is 0 Å². The highest BCUT2D eigenvalue weighted by molar-refractivity contribution is 4.87. The molecular weight excluding hydrogens is 86.1 g/mol. The molecule has 0 radical (unpaired) electrons. The Bertz CT molecular complexity index is 68.6. The second kappa shape index (κ2) is 1.48. The number of nitrogens with two attached hydrogens (primary N) is 1. The maximum absolute atomic E-state index is 5.59. The summed E-state index contributed by atoms with van der Waals surface area (Å²) in [7, 11) is 0. The van der Waals surface area contributed by atoms with Crippen LogP contribution in [0.1, 0.15) is 20.3 Å². The Hall–Kier alpha value is -0.0400. The molecule has 1 aliphatic carbocycles. The van der Waals surface area contributed by atoms with Gasteiger partial charge in [-0.1, -0.05) is 6.92 Å². The van der Waals surface area contributed by atoms with Crippen LogP contribution in [0.15, 0.2) is 0 Å². The molecule has 2 N–H and O–H groups in total. The van der Waals surface area contributed by atoms with E-state index in [-0.39, 0.29) is 0 Å². The summed E-state index contributed by atoms with van der Waals surface area (Å²) < 4.78 is 0. The molecule has 1 fully saturated rings. The summed E-state index contributed by atoms with van der Waals surface area (Å²) in [6.45, 7) is 4.35. The Labute approximate surface area is 44.9 Å². The van der Waals surface area contributed by atoms with Crippen molar-refractivity contribution in [1.82, 2.24) is 0 Å². The molecular formula is C6H13N. The Morgan fingerprint density at radius 3 is 2.14 bits per heavy atom. The molecule has 1 aliphatic rings. The third-order valence-electron chi connectivity index (χ3n) is 1.85. The van der Waals surface area contributed by atoms with E-state index >= 15 is 0 Å². The summed E-state index contributed by atoms with van der Waals surface area (Å²) in [6, 6.07) is 0.440. The van der Waals surface area contributed by atoms with E-state index in [4.69, 9.17) is 5.73 Å². The van der Waals surface area contributed by atoms with Gasteiger partial charge in [0.05, 0.1) is 0 Å². The second-order valence-electron chi connectivity index (χ2n) is 2.74. The third kappa shape index (κ3) is 0.942. The molecule has 1 saturated carbocycles. The van der Waals surface area contributed by atoms with E-state index in [9.17, 15) is 0 Å². The minimum absolute atomic E-state index is 0.440. The molecule has 3 atom stereocenters. The van der Waals surface area contributed by atoms with Crippen LogP contribution in [0.4, 0.5) is 0 Å².